The summed E-state index contributed by atoms with van der Waals surface area (Å²) in [5.74, 6) is -0.0519. The van der Waals surface area contributed by atoms with Gasteiger partial charge in [-0.3, -0.25) is 4.79 Å². The van der Waals surface area contributed by atoms with Crippen LogP contribution >= 0.6 is 0 Å². The highest BCUT2D eigenvalue weighted by atomic mass is 16.2. The number of amides is 1. The minimum Gasteiger partial charge on any atom is -0.340 e. The van der Waals surface area contributed by atoms with Crippen LogP contribution < -0.4 is 0 Å². The van der Waals surface area contributed by atoms with Gasteiger partial charge in [0.05, 0.1) is 12.5 Å². The molecule has 0 fully saturated rings. The van der Waals surface area contributed by atoms with Crippen molar-refractivity contribution in [2.75, 3.05) is 13.6 Å². The second-order valence-corrected chi connectivity index (χ2v) is 4.28. The van der Waals surface area contributed by atoms with E-state index in [0.717, 1.165) is 10.9 Å². The third-order valence-electron chi connectivity index (χ3n) is 3.08. The van der Waals surface area contributed by atoms with E-state index in [2.05, 4.69) is 0 Å². The molecule has 0 radical (unpaired) electrons. The number of hydrogen-bond donors (Lipinski definition) is 0. The van der Waals surface area contributed by atoms with Gasteiger partial charge >= 0.3 is 0 Å². The zero-order valence-corrected chi connectivity index (χ0v) is 10.6. The molecule has 0 bridgehead atoms. The van der Waals surface area contributed by atoms with Gasteiger partial charge in [0.1, 0.15) is 5.69 Å². The van der Waals surface area contributed by atoms with Gasteiger partial charge in [-0.05, 0) is 12.1 Å². The number of carbonyl (C=O) groups excluding carboxylic acids is 1. The van der Waals surface area contributed by atoms with Crippen molar-refractivity contribution in [3.05, 3.63) is 36.0 Å². The fourth-order valence-electron chi connectivity index (χ4n) is 2.01. The van der Waals surface area contributed by atoms with Crippen LogP contribution in [0.5, 0.6) is 0 Å². The lowest BCUT2D eigenvalue weighted by atomic mass is 10.2. The van der Waals surface area contributed by atoms with Crippen molar-refractivity contribution in [1.29, 1.82) is 5.26 Å². The van der Waals surface area contributed by atoms with Crippen LogP contribution in [0.4, 0.5) is 0 Å². The minimum atomic E-state index is -0.0519. The molecule has 92 valence electrons. The van der Waals surface area contributed by atoms with Crippen molar-refractivity contribution < 1.29 is 4.79 Å². The van der Waals surface area contributed by atoms with E-state index < -0.39 is 0 Å². The van der Waals surface area contributed by atoms with Crippen LogP contribution in [0.25, 0.3) is 10.9 Å². The van der Waals surface area contributed by atoms with E-state index in [1.807, 2.05) is 48.0 Å². The van der Waals surface area contributed by atoms with Crippen molar-refractivity contribution in [2.24, 2.45) is 7.05 Å². The lowest BCUT2D eigenvalue weighted by molar-refractivity contribution is 0.0789. The van der Waals surface area contributed by atoms with E-state index in [1.165, 1.54) is 0 Å². The molecule has 0 spiro atoms. The van der Waals surface area contributed by atoms with E-state index >= 15 is 0 Å². The van der Waals surface area contributed by atoms with Crippen LogP contribution in [0.1, 0.15) is 16.9 Å². The second-order valence-electron chi connectivity index (χ2n) is 4.28. The molecule has 2 aromatic rings. The van der Waals surface area contributed by atoms with E-state index in [1.54, 1.807) is 11.9 Å². The molecular formula is C14H15N3O. The summed E-state index contributed by atoms with van der Waals surface area (Å²) in [4.78, 5) is 13.8. The molecule has 0 atom stereocenters. The van der Waals surface area contributed by atoms with Crippen LogP contribution in [-0.2, 0) is 7.05 Å². The second kappa shape index (κ2) is 4.92. The van der Waals surface area contributed by atoms with E-state index in [9.17, 15) is 4.79 Å². The molecular weight excluding hydrogens is 226 g/mol. The Morgan fingerprint density at radius 1 is 1.44 bits per heavy atom. The summed E-state index contributed by atoms with van der Waals surface area (Å²) in [5.41, 5.74) is 1.69. The average molecular weight is 241 g/mol. The maximum Gasteiger partial charge on any atom is 0.270 e. The first-order valence-corrected chi connectivity index (χ1v) is 5.82. The summed E-state index contributed by atoms with van der Waals surface area (Å²) < 4.78 is 1.89. The van der Waals surface area contributed by atoms with Gasteiger partial charge < -0.3 is 9.47 Å². The SMILES string of the molecule is CN(CCC#N)C(=O)c1cc2ccccc2n1C. The topological polar surface area (TPSA) is 49.0 Å². The van der Waals surface area contributed by atoms with Gasteiger partial charge in [-0.2, -0.15) is 5.26 Å². The first-order chi connectivity index (χ1) is 8.65. The molecule has 0 aliphatic carbocycles. The Kier molecular flexibility index (Phi) is 3.33. The maximum absolute atomic E-state index is 12.2. The Morgan fingerprint density at radius 3 is 2.83 bits per heavy atom. The van der Waals surface area contributed by atoms with Gasteiger partial charge in [-0.1, -0.05) is 18.2 Å². The van der Waals surface area contributed by atoms with Crippen molar-refractivity contribution in [3.8, 4) is 6.07 Å². The van der Waals surface area contributed by atoms with Crippen molar-refractivity contribution >= 4 is 16.8 Å². The summed E-state index contributed by atoms with van der Waals surface area (Å²) in [6.45, 7) is 0.455. The highest BCUT2D eigenvalue weighted by Gasteiger charge is 2.16. The Hall–Kier alpha value is -2.28. The molecule has 1 aromatic heterocycles. The van der Waals surface area contributed by atoms with E-state index in [4.69, 9.17) is 5.26 Å². The van der Waals surface area contributed by atoms with Gasteiger partial charge in [0.2, 0.25) is 0 Å². The average Bonchev–Trinajstić information content (AvgIpc) is 2.73. The number of aryl methyl sites for hydroxylation is 1. The number of nitriles is 1. The third-order valence-corrected chi connectivity index (χ3v) is 3.08. The lowest BCUT2D eigenvalue weighted by Crippen LogP contribution is -2.29. The molecule has 1 heterocycles. The molecule has 18 heavy (non-hydrogen) atoms. The summed E-state index contributed by atoms with van der Waals surface area (Å²) in [6.07, 6.45) is 0.353. The molecule has 2 rings (SSSR count). The van der Waals surface area contributed by atoms with Gasteiger partial charge in [-0.25, -0.2) is 0 Å². The third kappa shape index (κ3) is 2.07. The van der Waals surface area contributed by atoms with Crippen LogP contribution in [0.3, 0.4) is 0 Å². The molecule has 0 aliphatic heterocycles. The van der Waals surface area contributed by atoms with Gasteiger partial charge in [-0.15, -0.1) is 0 Å². The molecule has 4 heteroatoms. The van der Waals surface area contributed by atoms with Crippen LogP contribution in [0, 0.1) is 11.3 Å². The van der Waals surface area contributed by atoms with Crippen LogP contribution in [0.15, 0.2) is 30.3 Å². The number of aromatic nitrogens is 1. The summed E-state index contributed by atoms with van der Waals surface area (Å²) >= 11 is 0. The number of rotatable bonds is 3. The standard InChI is InChI=1S/C14H15N3O/c1-16(9-5-8-15)14(18)13-10-11-6-3-4-7-12(11)17(13)2/h3-4,6-7,10H,5,9H2,1-2H3. The molecule has 0 N–H and O–H groups in total. The van der Waals surface area contributed by atoms with Crippen molar-refractivity contribution in [2.45, 2.75) is 6.42 Å². The molecule has 0 saturated heterocycles. The first-order valence-electron chi connectivity index (χ1n) is 5.82. The van der Waals surface area contributed by atoms with Crippen molar-refractivity contribution in [1.82, 2.24) is 9.47 Å². The number of benzene rings is 1. The molecule has 0 saturated carbocycles. The molecule has 4 nitrogen and oxygen atoms in total. The normalized spacial score (nSPS) is 10.3. The predicted molar refractivity (Wildman–Crippen MR) is 70.1 cm³/mol. The molecule has 1 aromatic carbocycles. The van der Waals surface area contributed by atoms with Crippen molar-refractivity contribution in [3.63, 3.8) is 0 Å². The smallest absolute Gasteiger partial charge is 0.270 e. The quantitative estimate of drug-likeness (QED) is 0.826. The molecule has 1 amide bonds. The number of fused-ring (bicyclic) bond motifs is 1. The highest BCUT2D eigenvalue weighted by Crippen LogP contribution is 2.19. The van der Waals surface area contributed by atoms with E-state index in [0.29, 0.717) is 18.7 Å². The van der Waals surface area contributed by atoms with E-state index in [-0.39, 0.29) is 5.91 Å². The number of nitrogens with zero attached hydrogens (tertiary/aromatic N) is 3. The van der Waals surface area contributed by atoms with Gasteiger partial charge in [0.15, 0.2) is 0 Å². The molecule has 0 aliphatic rings. The fraction of sp³-hybridized carbons (Fsp3) is 0.286. The zero-order valence-electron chi connectivity index (χ0n) is 10.6. The Bertz CT molecular complexity index is 621. The monoisotopic (exact) mass is 241 g/mol. The maximum atomic E-state index is 12.2. The van der Waals surface area contributed by atoms with Crippen LogP contribution in [0.2, 0.25) is 0 Å². The number of hydrogen-bond acceptors (Lipinski definition) is 2. The Balaban J connectivity index is 2.34. The fourth-order valence-corrected chi connectivity index (χ4v) is 2.01. The lowest BCUT2D eigenvalue weighted by Gasteiger charge is -2.15. The predicted octanol–water partition coefficient (Wildman–Crippen LogP) is 2.16. The largest absolute Gasteiger partial charge is 0.340 e. The Morgan fingerprint density at radius 2 is 2.17 bits per heavy atom. The number of carbonyl (C=O) groups is 1. The van der Waals surface area contributed by atoms with Gasteiger partial charge in [0.25, 0.3) is 5.91 Å². The highest BCUT2D eigenvalue weighted by molar-refractivity contribution is 5.98. The minimum absolute atomic E-state index is 0.0519. The summed E-state index contributed by atoms with van der Waals surface area (Å²) in [5, 5.41) is 9.60. The summed E-state index contributed by atoms with van der Waals surface area (Å²) in [7, 11) is 3.60. The first kappa shape index (κ1) is 12.2. The van der Waals surface area contributed by atoms with Crippen LogP contribution in [-0.4, -0.2) is 29.0 Å². The molecule has 0 unspecified atom stereocenters. The zero-order chi connectivity index (χ0) is 13.1. The Labute approximate surface area is 106 Å². The summed E-state index contributed by atoms with van der Waals surface area (Å²) in [6, 6.07) is 11.8. The number of para-hydroxylation sites is 1. The van der Waals surface area contributed by atoms with Gasteiger partial charge in [0, 0.05) is 31.5 Å².